The van der Waals surface area contributed by atoms with Crippen LogP contribution in [0.2, 0.25) is 0 Å². The summed E-state index contributed by atoms with van der Waals surface area (Å²) in [5.41, 5.74) is -0.493. The number of hydrogen-bond acceptors (Lipinski definition) is 3. The quantitative estimate of drug-likeness (QED) is 0.312. The maximum Gasteiger partial charge on any atom is 0.407 e. The Labute approximate surface area is 165 Å². The smallest absolute Gasteiger partial charge is 0.407 e. The Balaban J connectivity index is 0. The molecule has 0 saturated heterocycles. The Morgan fingerprint density at radius 3 is 2.12 bits per heavy atom. The lowest BCUT2D eigenvalue weighted by Crippen LogP contribution is -2.50. The Kier molecular flexibility index (Phi) is 13.4. The molecule has 0 spiro atoms. The molecule has 1 unspecified atom stereocenters. The summed E-state index contributed by atoms with van der Waals surface area (Å²) in [4.78, 5) is 16.1. The molecule has 144 valence electrons. The van der Waals surface area contributed by atoms with Crippen LogP contribution in [0.3, 0.4) is 0 Å². The van der Waals surface area contributed by atoms with Crippen molar-refractivity contribution >= 4 is 36.0 Å². The van der Waals surface area contributed by atoms with Gasteiger partial charge in [-0.25, -0.2) is 4.79 Å². The van der Waals surface area contributed by atoms with Crippen LogP contribution in [-0.4, -0.2) is 43.8 Å². The zero-order valence-electron chi connectivity index (χ0n) is 16.5. The molecule has 0 radical (unpaired) electrons. The van der Waals surface area contributed by atoms with E-state index in [4.69, 9.17) is 4.74 Å². The van der Waals surface area contributed by atoms with Crippen molar-refractivity contribution in [3.05, 3.63) is 0 Å². The van der Waals surface area contributed by atoms with Gasteiger partial charge in [-0.2, -0.15) is 0 Å². The molecule has 7 heteroatoms. The molecular formula is C17H37IN4O2. The second-order valence-electron chi connectivity index (χ2n) is 7.56. The Morgan fingerprint density at radius 1 is 1.12 bits per heavy atom. The topological polar surface area (TPSA) is 74.8 Å². The van der Waals surface area contributed by atoms with Crippen molar-refractivity contribution in [3.63, 3.8) is 0 Å². The molecule has 0 aliphatic heterocycles. The fourth-order valence-corrected chi connectivity index (χ4v) is 1.82. The van der Waals surface area contributed by atoms with Gasteiger partial charge in [-0.05, 0) is 39.0 Å². The third-order valence-corrected chi connectivity index (χ3v) is 3.23. The van der Waals surface area contributed by atoms with Gasteiger partial charge in [0.15, 0.2) is 5.96 Å². The van der Waals surface area contributed by atoms with Crippen LogP contribution in [0.1, 0.15) is 54.9 Å². The molecule has 0 saturated carbocycles. The van der Waals surface area contributed by atoms with Gasteiger partial charge in [0.25, 0.3) is 0 Å². The van der Waals surface area contributed by atoms with E-state index in [0.717, 1.165) is 18.9 Å². The van der Waals surface area contributed by atoms with Crippen molar-refractivity contribution in [1.29, 1.82) is 0 Å². The Hall–Kier alpha value is -0.730. The van der Waals surface area contributed by atoms with Crippen LogP contribution >= 0.6 is 24.0 Å². The third-order valence-electron chi connectivity index (χ3n) is 3.23. The molecule has 0 bridgehead atoms. The molecule has 0 aliphatic rings. The van der Waals surface area contributed by atoms with Crippen LogP contribution in [0.4, 0.5) is 4.79 Å². The first-order chi connectivity index (χ1) is 10.5. The van der Waals surface area contributed by atoms with Crippen LogP contribution in [-0.2, 0) is 4.74 Å². The largest absolute Gasteiger partial charge is 0.444 e. The molecule has 0 aliphatic carbocycles. The minimum Gasteiger partial charge on any atom is -0.444 e. The van der Waals surface area contributed by atoms with E-state index in [-0.39, 0.29) is 42.0 Å². The molecule has 3 N–H and O–H groups in total. The molecule has 0 heterocycles. The summed E-state index contributed by atoms with van der Waals surface area (Å²) in [5.74, 6) is 1.68. The van der Waals surface area contributed by atoms with Gasteiger partial charge in [0.2, 0.25) is 0 Å². The van der Waals surface area contributed by atoms with Crippen molar-refractivity contribution in [2.24, 2.45) is 16.8 Å². The molecule has 0 rings (SSSR count). The summed E-state index contributed by atoms with van der Waals surface area (Å²) < 4.78 is 5.32. The van der Waals surface area contributed by atoms with Gasteiger partial charge in [0.1, 0.15) is 5.60 Å². The van der Waals surface area contributed by atoms with E-state index in [1.165, 1.54) is 0 Å². The maximum absolute atomic E-state index is 11.9. The van der Waals surface area contributed by atoms with Crippen molar-refractivity contribution < 1.29 is 9.53 Å². The molecule has 6 nitrogen and oxygen atoms in total. The Morgan fingerprint density at radius 2 is 1.71 bits per heavy atom. The SMILES string of the molecule is CN=C(NCCC(C)C)NCC(NC(=O)OC(C)(C)C)C(C)C.I. The number of amides is 1. The average Bonchev–Trinajstić information content (AvgIpc) is 2.38. The zero-order chi connectivity index (χ0) is 18.0. The average molecular weight is 456 g/mol. The molecular weight excluding hydrogens is 419 g/mol. The second-order valence-corrected chi connectivity index (χ2v) is 7.56. The van der Waals surface area contributed by atoms with Crippen LogP contribution < -0.4 is 16.0 Å². The second kappa shape index (κ2) is 12.6. The van der Waals surface area contributed by atoms with E-state index in [1.807, 2.05) is 20.8 Å². The lowest BCUT2D eigenvalue weighted by Gasteiger charge is -2.26. The van der Waals surface area contributed by atoms with Crippen LogP contribution in [0, 0.1) is 11.8 Å². The lowest BCUT2D eigenvalue weighted by molar-refractivity contribution is 0.0491. The number of carbonyl (C=O) groups is 1. The summed E-state index contributed by atoms with van der Waals surface area (Å²) in [6.45, 7) is 15.6. The van der Waals surface area contributed by atoms with E-state index in [9.17, 15) is 4.79 Å². The summed E-state index contributed by atoms with van der Waals surface area (Å²) in [6, 6.07) is -0.0338. The first-order valence-electron chi connectivity index (χ1n) is 8.49. The number of guanidine groups is 1. The van der Waals surface area contributed by atoms with Crippen LogP contribution in [0.25, 0.3) is 0 Å². The van der Waals surface area contributed by atoms with Gasteiger partial charge in [0.05, 0.1) is 6.04 Å². The number of nitrogens with one attached hydrogen (secondary N) is 3. The molecule has 0 fully saturated rings. The number of nitrogens with zero attached hydrogens (tertiary/aromatic N) is 1. The maximum atomic E-state index is 11.9. The molecule has 24 heavy (non-hydrogen) atoms. The normalized spacial score (nSPS) is 13.3. The van der Waals surface area contributed by atoms with Crippen LogP contribution in [0.5, 0.6) is 0 Å². The van der Waals surface area contributed by atoms with E-state index in [2.05, 4.69) is 48.6 Å². The highest BCUT2D eigenvalue weighted by molar-refractivity contribution is 14.0. The zero-order valence-corrected chi connectivity index (χ0v) is 18.9. The minimum atomic E-state index is -0.493. The number of alkyl carbamates (subject to hydrolysis) is 1. The summed E-state index contributed by atoms with van der Waals surface area (Å²) in [6.07, 6.45) is 0.700. The highest BCUT2D eigenvalue weighted by Gasteiger charge is 2.21. The fourth-order valence-electron chi connectivity index (χ4n) is 1.82. The van der Waals surface area contributed by atoms with Crippen molar-refractivity contribution in [2.45, 2.75) is 66.5 Å². The van der Waals surface area contributed by atoms with E-state index in [1.54, 1.807) is 7.05 Å². The lowest BCUT2D eigenvalue weighted by atomic mass is 10.0. The van der Waals surface area contributed by atoms with Gasteiger partial charge in [-0.3, -0.25) is 4.99 Å². The summed E-state index contributed by atoms with van der Waals surface area (Å²) in [5, 5.41) is 9.46. The number of halogens is 1. The predicted molar refractivity (Wildman–Crippen MR) is 112 cm³/mol. The van der Waals surface area contributed by atoms with Crippen molar-refractivity contribution in [1.82, 2.24) is 16.0 Å². The van der Waals surface area contributed by atoms with Gasteiger partial charge < -0.3 is 20.7 Å². The molecule has 0 aromatic heterocycles. The first kappa shape index (κ1) is 25.5. The number of ether oxygens (including phenoxy) is 1. The Bertz CT molecular complexity index is 379. The predicted octanol–water partition coefficient (Wildman–Crippen LogP) is 3.36. The van der Waals surface area contributed by atoms with Gasteiger partial charge in [-0.1, -0.05) is 27.7 Å². The number of rotatable bonds is 7. The number of aliphatic imine (C=N–C) groups is 1. The monoisotopic (exact) mass is 456 g/mol. The van der Waals surface area contributed by atoms with E-state index in [0.29, 0.717) is 12.5 Å². The van der Waals surface area contributed by atoms with Gasteiger partial charge in [0, 0.05) is 20.1 Å². The molecule has 0 aromatic rings. The van der Waals surface area contributed by atoms with E-state index < -0.39 is 5.60 Å². The number of carbonyl (C=O) groups excluding carboxylic acids is 1. The highest BCUT2D eigenvalue weighted by atomic mass is 127. The number of hydrogen-bond donors (Lipinski definition) is 3. The highest BCUT2D eigenvalue weighted by Crippen LogP contribution is 2.08. The third kappa shape index (κ3) is 13.7. The summed E-state index contributed by atoms with van der Waals surface area (Å²) >= 11 is 0. The molecule has 1 atom stereocenters. The van der Waals surface area contributed by atoms with Gasteiger partial charge in [-0.15, -0.1) is 24.0 Å². The van der Waals surface area contributed by atoms with Crippen molar-refractivity contribution in [3.8, 4) is 0 Å². The van der Waals surface area contributed by atoms with Crippen LogP contribution in [0.15, 0.2) is 4.99 Å². The molecule has 1 amide bonds. The van der Waals surface area contributed by atoms with Crippen molar-refractivity contribution in [2.75, 3.05) is 20.1 Å². The first-order valence-corrected chi connectivity index (χ1v) is 8.49. The fraction of sp³-hybridized carbons (Fsp3) is 0.882. The standard InChI is InChI=1S/C17H36N4O2.HI/c1-12(2)9-10-19-15(18-8)20-11-14(13(3)4)21-16(22)23-17(5,6)7;/h12-14H,9-11H2,1-8H3,(H,21,22)(H2,18,19,20);1H. The van der Waals surface area contributed by atoms with E-state index >= 15 is 0 Å². The minimum absolute atomic E-state index is 0. The van der Waals surface area contributed by atoms with Gasteiger partial charge >= 0.3 is 6.09 Å². The molecule has 0 aromatic carbocycles. The summed E-state index contributed by atoms with van der Waals surface area (Å²) in [7, 11) is 1.75.